The van der Waals surface area contributed by atoms with Crippen LogP contribution in [0, 0.1) is 0 Å². The summed E-state index contributed by atoms with van der Waals surface area (Å²) < 4.78 is 12.3. The molecule has 0 aromatic heterocycles. The number of nitrogens with zero attached hydrogens (tertiary/aromatic N) is 1. The van der Waals surface area contributed by atoms with E-state index in [9.17, 15) is 5.11 Å². The van der Waals surface area contributed by atoms with E-state index < -0.39 is 0 Å². The van der Waals surface area contributed by atoms with E-state index in [2.05, 4.69) is 147 Å². The lowest BCUT2D eigenvalue weighted by atomic mass is 9.88. The largest absolute Gasteiger partial charge is 0.508 e. The average molecular weight is 700 g/mol. The van der Waals surface area contributed by atoms with Gasteiger partial charge in [0.1, 0.15) is 30.5 Å². The molecule has 0 saturated carbocycles. The molecule has 1 N–H and O–H groups in total. The zero-order valence-corrected chi connectivity index (χ0v) is 31.0. The van der Waals surface area contributed by atoms with E-state index in [4.69, 9.17) is 9.47 Å². The van der Waals surface area contributed by atoms with Crippen molar-refractivity contribution in [3.63, 3.8) is 0 Å². The highest BCUT2D eigenvalue weighted by molar-refractivity contribution is 5.99. The number of rotatable bonds is 16. The summed E-state index contributed by atoms with van der Waals surface area (Å²) in [4.78, 5) is 2.23. The third-order valence-electron chi connectivity index (χ3n) is 9.54. The van der Waals surface area contributed by atoms with E-state index in [1.54, 1.807) is 12.1 Å². The lowest BCUT2D eigenvalue weighted by molar-refractivity contribution is 0.202. The van der Waals surface area contributed by atoms with Crippen molar-refractivity contribution in [1.82, 2.24) is 4.90 Å². The molecule has 0 aliphatic rings. The summed E-state index contributed by atoms with van der Waals surface area (Å²) in [5.41, 5.74) is 12.0. The number of benzene rings is 6. The molecule has 0 amide bonds. The zero-order chi connectivity index (χ0) is 36.8. The van der Waals surface area contributed by atoms with Crippen molar-refractivity contribution in [3.05, 3.63) is 197 Å². The summed E-state index contributed by atoms with van der Waals surface area (Å²) in [5, 5.41) is 9.95. The number of aromatic hydroxyl groups is 1. The predicted octanol–water partition coefficient (Wildman–Crippen LogP) is 11.5. The Morgan fingerprint density at radius 1 is 0.434 bits per heavy atom. The minimum absolute atomic E-state index is 0.260. The van der Waals surface area contributed by atoms with Crippen LogP contribution in [0.2, 0.25) is 0 Å². The van der Waals surface area contributed by atoms with Crippen LogP contribution in [0.5, 0.6) is 17.2 Å². The molecule has 53 heavy (non-hydrogen) atoms. The number of likely N-dealkylation sites (N-methyl/N-ethyl adjacent to an activating group) is 1. The molecule has 0 aliphatic carbocycles. The van der Waals surface area contributed by atoms with Gasteiger partial charge in [-0.2, -0.15) is 0 Å². The van der Waals surface area contributed by atoms with Crippen molar-refractivity contribution in [2.45, 2.75) is 26.7 Å². The van der Waals surface area contributed by atoms with Gasteiger partial charge < -0.3 is 14.6 Å². The van der Waals surface area contributed by atoms with E-state index >= 15 is 0 Å². The van der Waals surface area contributed by atoms with Crippen LogP contribution in [0.4, 0.5) is 0 Å². The third kappa shape index (κ3) is 9.73. The molecule has 0 saturated heterocycles. The van der Waals surface area contributed by atoms with Gasteiger partial charge in [-0.1, -0.05) is 141 Å². The monoisotopic (exact) mass is 699 g/mol. The molecule has 6 aromatic carbocycles. The Kier molecular flexibility index (Phi) is 13.0. The third-order valence-corrected chi connectivity index (χ3v) is 9.54. The molecule has 6 aromatic rings. The first-order chi connectivity index (χ1) is 26.0. The Morgan fingerprint density at radius 3 is 1.11 bits per heavy atom. The molecular weight excluding hydrogens is 651 g/mol. The van der Waals surface area contributed by atoms with Crippen LogP contribution in [0.25, 0.3) is 22.3 Å². The minimum Gasteiger partial charge on any atom is -0.508 e. The van der Waals surface area contributed by atoms with Crippen molar-refractivity contribution < 1.29 is 14.6 Å². The molecule has 0 bridgehead atoms. The minimum atomic E-state index is 0.260. The van der Waals surface area contributed by atoms with E-state index in [1.807, 2.05) is 30.3 Å². The highest BCUT2D eigenvalue weighted by atomic mass is 16.5. The first-order valence-corrected chi connectivity index (χ1v) is 18.6. The van der Waals surface area contributed by atoms with Crippen LogP contribution >= 0.6 is 0 Å². The van der Waals surface area contributed by atoms with Gasteiger partial charge in [-0.25, -0.2) is 0 Å². The van der Waals surface area contributed by atoms with Gasteiger partial charge in [0.25, 0.3) is 0 Å². The van der Waals surface area contributed by atoms with Crippen LogP contribution in [0.3, 0.4) is 0 Å². The summed E-state index contributed by atoms with van der Waals surface area (Å²) in [6.45, 7) is 7.14. The Labute approximate surface area is 315 Å². The summed E-state index contributed by atoms with van der Waals surface area (Å²) in [6.07, 6.45) is 1.81. The van der Waals surface area contributed by atoms with Crippen molar-refractivity contribution in [1.29, 1.82) is 0 Å². The molecule has 0 atom stereocenters. The maximum atomic E-state index is 9.95. The summed E-state index contributed by atoms with van der Waals surface area (Å²) >= 11 is 0. The summed E-state index contributed by atoms with van der Waals surface area (Å²) in [7, 11) is 2.09. The number of allylic oxidation sites excluding steroid dienone is 2. The standard InChI is InChI=1S/C49H49NO3/c1-4-46(37-15-9-6-10-16-37)48(39-19-13-8-14-20-39)41-23-29-44(30-24-41)52-35-33-50(3)34-36-53-45-31-25-42(26-32-45)49(40-21-27-43(51)28-22-40)47(5-2)38-17-11-7-12-18-38/h6-32,51H,4-5,33-36H2,1-3H3/b48-46-,49-47-. The van der Waals surface area contributed by atoms with Gasteiger partial charge >= 0.3 is 0 Å². The van der Waals surface area contributed by atoms with Gasteiger partial charge in [0.15, 0.2) is 0 Å². The number of ether oxygens (including phenoxy) is 2. The van der Waals surface area contributed by atoms with Crippen molar-refractivity contribution in [3.8, 4) is 17.2 Å². The van der Waals surface area contributed by atoms with E-state index in [0.717, 1.165) is 54.1 Å². The van der Waals surface area contributed by atoms with Gasteiger partial charge in [-0.15, -0.1) is 0 Å². The SMILES string of the molecule is CC/C(=C(\c1ccccc1)c1ccc(OCCN(C)CCOc2ccc(/C(=C(/CC)c3ccccc3)c3ccc(O)cc3)cc2)cc1)c1ccccc1. The highest BCUT2D eigenvalue weighted by Gasteiger charge is 2.15. The molecule has 0 spiro atoms. The fraction of sp³-hybridized carbons (Fsp3) is 0.184. The lowest BCUT2D eigenvalue weighted by Crippen LogP contribution is -2.28. The second-order valence-corrected chi connectivity index (χ2v) is 13.1. The number of phenolic OH excluding ortho intramolecular Hbond substituents is 1. The maximum Gasteiger partial charge on any atom is 0.119 e. The van der Waals surface area contributed by atoms with E-state index in [-0.39, 0.29) is 5.75 Å². The number of hydrogen-bond acceptors (Lipinski definition) is 4. The van der Waals surface area contributed by atoms with Crippen LogP contribution in [-0.4, -0.2) is 43.4 Å². The Morgan fingerprint density at radius 2 is 0.755 bits per heavy atom. The Hall–Kier alpha value is -5.84. The number of hydrogen-bond donors (Lipinski definition) is 1. The second kappa shape index (κ2) is 18.6. The molecule has 0 unspecified atom stereocenters. The molecule has 0 fully saturated rings. The maximum absolute atomic E-state index is 9.95. The molecule has 0 aliphatic heterocycles. The normalized spacial score (nSPS) is 12.2. The van der Waals surface area contributed by atoms with Crippen LogP contribution < -0.4 is 9.47 Å². The summed E-state index contributed by atoms with van der Waals surface area (Å²) in [5.74, 6) is 1.96. The number of phenols is 1. The quantitative estimate of drug-likeness (QED) is 0.102. The molecule has 268 valence electrons. The molecule has 0 heterocycles. The van der Waals surface area contributed by atoms with Gasteiger partial charge in [0.2, 0.25) is 0 Å². The fourth-order valence-corrected chi connectivity index (χ4v) is 6.78. The molecule has 4 nitrogen and oxygen atoms in total. The van der Waals surface area contributed by atoms with Crippen LogP contribution in [0.1, 0.15) is 60.1 Å². The predicted molar refractivity (Wildman–Crippen MR) is 221 cm³/mol. The van der Waals surface area contributed by atoms with Crippen LogP contribution in [-0.2, 0) is 0 Å². The van der Waals surface area contributed by atoms with E-state index in [1.165, 1.54) is 39.0 Å². The molecule has 4 heteroatoms. The second-order valence-electron chi connectivity index (χ2n) is 13.1. The van der Waals surface area contributed by atoms with Gasteiger partial charge in [0, 0.05) is 13.1 Å². The zero-order valence-electron chi connectivity index (χ0n) is 31.0. The van der Waals surface area contributed by atoms with Gasteiger partial charge in [0.05, 0.1) is 0 Å². The molecule has 6 rings (SSSR count). The molecular formula is C49H49NO3. The topological polar surface area (TPSA) is 41.9 Å². The smallest absolute Gasteiger partial charge is 0.119 e. The first-order valence-electron chi connectivity index (χ1n) is 18.6. The average Bonchev–Trinajstić information content (AvgIpc) is 3.21. The van der Waals surface area contributed by atoms with Crippen LogP contribution in [0.15, 0.2) is 164 Å². The van der Waals surface area contributed by atoms with Crippen molar-refractivity contribution in [2.75, 3.05) is 33.4 Å². The Bertz CT molecular complexity index is 2070. The highest BCUT2D eigenvalue weighted by Crippen LogP contribution is 2.37. The van der Waals surface area contributed by atoms with Crippen molar-refractivity contribution >= 4 is 22.3 Å². The molecule has 0 radical (unpaired) electrons. The lowest BCUT2D eigenvalue weighted by Gasteiger charge is -2.19. The Balaban J connectivity index is 1.04. The van der Waals surface area contributed by atoms with E-state index in [0.29, 0.717) is 13.2 Å². The van der Waals surface area contributed by atoms with Gasteiger partial charge in [-0.3, -0.25) is 4.90 Å². The van der Waals surface area contributed by atoms with Gasteiger partial charge in [-0.05, 0) is 112 Å². The summed E-state index contributed by atoms with van der Waals surface area (Å²) in [6, 6.07) is 56.1. The first kappa shape index (κ1) is 36.9. The fourth-order valence-electron chi connectivity index (χ4n) is 6.78. The van der Waals surface area contributed by atoms with Crippen molar-refractivity contribution in [2.24, 2.45) is 0 Å².